The van der Waals surface area contributed by atoms with Crippen molar-refractivity contribution in [3.63, 3.8) is 0 Å². The SMILES string of the molecule is CC1(CNC(=O)c2sc3cccc(Br)c3c2N)CC1. The van der Waals surface area contributed by atoms with Gasteiger partial charge in [-0.1, -0.05) is 28.9 Å². The van der Waals surface area contributed by atoms with E-state index in [1.165, 1.54) is 24.2 Å². The molecule has 100 valence electrons. The van der Waals surface area contributed by atoms with Crippen LogP contribution in [0.25, 0.3) is 10.1 Å². The van der Waals surface area contributed by atoms with Gasteiger partial charge in [-0.15, -0.1) is 11.3 Å². The summed E-state index contributed by atoms with van der Waals surface area (Å²) in [6.07, 6.45) is 2.39. The van der Waals surface area contributed by atoms with Gasteiger partial charge in [0.1, 0.15) is 4.88 Å². The molecule has 1 aromatic heterocycles. The highest BCUT2D eigenvalue weighted by molar-refractivity contribution is 9.10. The molecule has 1 heterocycles. The molecule has 1 aliphatic rings. The van der Waals surface area contributed by atoms with Crippen LogP contribution in [0, 0.1) is 5.41 Å². The van der Waals surface area contributed by atoms with Gasteiger partial charge in [0.15, 0.2) is 0 Å². The molecule has 0 unspecified atom stereocenters. The molecule has 3 nitrogen and oxygen atoms in total. The standard InChI is InChI=1S/C14H15BrN2OS/c1-14(5-6-14)7-17-13(18)12-11(16)10-8(15)3-2-4-9(10)19-12/h2-4H,5-7,16H2,1H3,(H,17,18). The summed E-state index contributed by atoms with van der Waals surface area (Å²) in [4.78, 5) is 12.8. The molecule has 0 bridgehead atoms. The zero-order valence-corrected chi connectivity index (χ0v) is 13.0. The lowest BCUT2D eigenvalue weighted by atomic mass is 10.1. The van der Waals surface area contributed by atoms with Gasteiger partial charge in [-0.3, -0.25) is 4.79 Å². The van der Waals surface area contributed by atoms with Crippen LogP contribution in [0.4, 0.5) is 5.69 Å². The average molecular weight is 339 g/mol. The topological polar surface area (TPSA) is 55.1 Å². The highest BCUT2D eigenvalue weighted by atomic mass is 79.9. The van der Waals surface area contributed by atoms with Crippen molar-refractivity contribution in [2.24, 2.45) is 5.41 Å². The number of hydrogen-bond acceptors (Lipinski definition) is 3. The van der Waals surface area contributed by atoms with E-state index in [-0.39, 0.29) is 5.91 Å². The van der Waals surface area contributed by atoms with Crippen molar-refractivity contribution in [1.82, 2.24) is 5.32 Å². The molecule has 1 amide bonds. The summed E-state index contributed by atoms with van der Waals surface area (Å²) < 4.78 is 1.97. The first-order chi connectivity index (χ1) is 9.00. The zero-order chi connectivity index (χ0) is 13.6. The van der Waals surface area contributed by atoms with Crippen molar-refractivity contribution in [1.29, 1.82) is 0 Å². The largest absolute Gasteiger partial charge is 0.397 e. The highest BCUT2D eigenvalue weighted by Gasteiger charge is 2.37. The number of nitrogen functional groups attached to an aromatic ring is 1. The number of amides is 1. The summed E-state index contributed by atoms with van der Waals surface area (Å²) in [5.41, 5.74) is 7.00. The molecule has 3 N–H and O–H groups in total. The lowest BCUT2D eigenvalue weighted by Crippen LogP contribution is -2.28. The van der Waals surface area contributed by atoms with Crippen molar-refractivity contribution in [3.05, 3.63) is 27.5 Å². The Hall–Kier alpha value is -1.07. The van der Waals surface area contributed by atoms with E-state index in [1.54, 1.807) is 0 Å². The lowest BCUT2D eigenvalue weighted by Gasteiger charge is -2.09. The maximum absolute atomic E-state index is 12.2. The van der Waals surface area contributed by atoms with E-state index < -0.39 is 0 Å². The number of nitrogens with one attached hydrogen (secondary N) is 1. The minimum absolute atomic E-state index is 0.0567. The first-order valence-electron chi connectivity index (χ1n) is 6.25. The second-order valence-electron chi connectivity index (χ2n) is 5.45. The normalized spacial score (nSPS) is 16.5. The van der Waals surface area contributed by atoms with Crippen LogP contribution in [0.2, 0.25) is 0 Å². The number of thiophene rings is 1. The summed E-state index contributed by atoms with van der Waals surface area (Å²) in [6, 6.07) is 5.88. The minimum atomic E-state index is -0.0567. The quantitative estimate of drug-likeness (QED) is 0.894. The molecule has 3 rings (SSSR count). The first kappa shape index (κ1) is 12.9. The number of anilines is 1. The molecule has 2 aromatic rings. The number of halogens is 1. The Bertz CT molecular complexity index is 661. The third-order valence-electron chi connectivity index (χ3n) is 3.69. The smallest absolute Gasteiger partial charge is 0.263 e. The van der Waals surface area contributed by atoms with E-state index in [1.807, 2.05) is 18.2 Å². The Kier molecular flexibility index (Phi) is 3.06. The Morgan fingerprint density at radius 1 is 1.53 bits per heavy atom. The van der Waals surface area contributed by atoms with Crippen LogP contribution in [0.3, 0.4) is 0 Å². The molecule has 5 heteroatoms. The fraction of sp³-hybridized carbons (Fsp3) is 0.357. The van der Waals surface area contributed by atoms with E-state index in [4.69, 9.17) is 5.73 Å². The molecule has 1 saturated carbocycles. The van der Waals surface area contributed by atoms with Crippen molar-refractivity contribution in [3.8, 4) is 0 Å². The number of benzene rings is 1. The number of fused-ring (bicyclic) bond motifs is 1. The molecular formula is C14H15BrN2OS. The van der Waals surface area contributed by atoms with Gasteiger partial charge in [-0.25, -0.2) is 0 Å². The molecule has 1 aliphatic carbocycles. The Labute approximate surface area is 124 Å². The van der Waals surface area contributed by atoms with Crippen LogP contribution in [0.1, 0.15) is 29.4 Å². The maximum Gasteiger partial charge on any atom is 0.263 e. The monoisotopic (exact) mass is 338 g/mol. The van der Waals surface area contributed by atoms with Crippen LogP contribution in [-0.4, -0.2) is 12.5 Å². The van der Waals surface area contributed by atoms with Gasteiger partial charge < -0.3 is 11.1 Å². The summed E-state index contributed by atoms with van der Waals surface area (Å²) in [6.45, 7) is 2.93. The van der Waals surface area contributed by atoms with E-state index in [0.29, 0.717) is 16.0 Å². The van der Waals surface area contributed by atoms with Crippen molar-refractivity contribution >= 4 is 48.9 Å². The van der Waals surface area contributed by atoms with Crippen LogP contribution in [0.15, 0.2) is 22.7 Å². The van der Waals surface area contributed by atoms with E-state index >= 15 is 0 Å². The molecule has 1 aromatic carbocycles. The van der Waals surface area contributed by atoms with Gasteiger partial charge >= 0.3 is 0 Å². The van der Waals surface area contributed by atoms with E-state index in [9.17, 15) is 4.79 Å². The lowest BCUT2D eigenvalue weighted by molar-refractivity contribution is 0.0951. The first-order valence-corrected chi connectivity index (χ1v) is 7.86. The number of rotatable bonds is 3. The number of carbonyl (C=O) groups is 1. The molecule has 0 saturated heterocycles. The fourth-order valence-electron chi connectivity index (χ4n) is 2.06. The Balaban J connectivity index is 1.89. The summed E-state index contributed by atoms with van der Waals surface area (Å²) in [5.74, 6) is -0.0567. The summed E-state index contributed by atoms with van der Waals surface area (Å²) >= 11 is 4.94. The van der Waals surface area contributed by atoms with Crippen molar-refractivity contribution in [2.45, 2.75) is 19.8 Å². The van der Waals surface area contributed by atoms with Gasteiger partial charge in [0.05, 0.1) is 5.69 Å². The second kappa shape index (κ2) is 4.49. The number of nitrogens with two attached hydrogens (primary N) is 1. The van der Waals surface area contributed by atoms with Gasteiger partial charge in [-0.2, -0.15) is 0 Å². The second-order valence-corrected chi connectivity index (χ2v) is 7.36. The highest BCUT2D eigenvalue weighted by Crippen LogP contribution is 2.44. The van der Waals surface area contributed by atoms with Gasteiger partial charge in [0.2, 0.25) is 0 Å². The molecule has 19 heavy (non-hydrogen) atoms. The molecular weight excluding hydrogens is 324 g/mol. The minimum Gasteiger partial charge on any atom is -0.397 e. The predicted molar refractivity (Wildman–Crippen MR) is 83.6 cm³/mol. The molecule has 0 aliphatic heterocycles. The summed E-state index contributed by atoms with van der Waals surface area (Å²) in [5, 5.41) is 3.94. The summed E-state index contributed by atoms with van der Waals surface area (Å²) in [7, 11) is 0. The zero-order valence-electron chi connectivity index (χ0n) is 10.6. The van der Waals surface area contributed by atoms with Crippen LogP contribution >= 0.6 is 27.3 Å². The van der Waals surface area contributed by atoms with Crippen LogP contribution < -0.4 is 11.1 Å². The van der Waals surface area contributed by atoms with Crippen molar-refractivity contribution in [2.75, 3.05) is 12.3 Å². The van der Waals surface area contributed by atoms with Crippen LogP contribution in [-0.2, 0) is 0 Å². The Morgan fingerprint density at radius 3 is 2.89 bits per heavy atom. The Morgan fingerprint density at radius 2 is 2.26 bits per heavy atom. The number of carbonyl (C=O) groups excluding carboxylic acids is 1. The van der Waals surface area contributed by atoms with E-state index in [2.05, 4.69) is 28.2 Å². The van der Waals surface area contributed by atoms with Gasteiger partial charge in [-0.05, 0) is 30.4 Å². The molecule has 0 atom stereocenters. The molecule has 0 radical (unpaired) electrons. The predicted octanol–water partition coefficient (Wildman–Crippen LogP) is 3.78. The van der Waals surface area contributed by atoms with Gasteiger partial charge in [0, 0.05) is 21.1 Å². The van der Waals surface area contributed by atoms with E-state index in [0.717, 1.165) is 21.1 Å². The maximum atomic E-state index is 12.2. The molecule has 0 spiro atoms. The average Bonchev–Trinajstić information content (AvgIpc) is 3.01. The fourth-order valence-corrected chi connectivity index (χ4v) is 3.84. The van der Waals surface area contributed by atoms with Crippen LogP contribution in [0.5, 0.6) is 0 Å². The number of hydrogen-bond donors (Lipinski definition) is 2. The third-order valence-corrected chi connectivity index (χ3v) is 5.52. The third kappa shape index (κ3) is 2.37. The molecule has 1 fully saturated rings. The van der Waals surface area contributed by atoms with Gasteiger partial charge in [0.25, 0.3) is 5.91 Å². The van der Waals surface area contributed by atoms with Crippen molar-refractivity contribution < 1.29 is 4.79 Å².